The minimum absolute atomic E-state index is 0. The molecular formula is C17H27ClN2OS. The Bertz CT molecular complexity index is 464. The van der Waals surface area contributed by atoms with Gasteiger partial charge in [-0.15, -0.1) is 12.4 Å². The van der Waals surface area contributed by atoms with Gasteiger partial charge in [-0.05, 0) is 37.0 Å². The normalized spacial score (nSPS) is 16.1. The smallest absolute Gasteiger partial charge is 0.241 e. The molecule has 0 spiro atoms. The van der Waals surface area contributed by atoms with Gasteiger partial charge in [-0.25, -0.2) is 0 Å². The Morgan fingerprint density at radius 1 is 1.41 bits per heavy atom. The van der Waals surface area contributed by atoms with Crippen molar-refractivity contribution in [3.63, 3.8) is 0 Å². The van der Waals surface area contributed by atoms with E-state index in [4.69, 9.17) is 5.73 Å². The molecule has 3 N–H and O–H groups in total. The molecule has 124 valence electrons. The largest absolute Gasteiger partial charge is 0.325 e. The zero-order chi connectivity index (χ0) is 15.1. The van der Waals surface area contributed by atoms with E-state index in [-0.39, 0.29) is 18.3 Å². The molecule has 3 nitrogen and oxygen atoms in total. The van der Waals surface area contributed by atoms with Crippen molar-refractivity contribution in [2.24, 2.45) is 5.73 Å². The maximum atomic E-state index is 11.9. The molecule has 1 aromatic rings. The zero-order valence-corrected chi connectivity index (χ0v) is 14.8. The molecule has 1 aliphatic carbocycles. The molecule has 0 saturated heterocycles. The SMILES string of the molecule is CCCC(N)C(=O)Nc1cccc(CSC2CCCC2)c1.Cl. The molecule has 1 fully saturated rings. The molecule has 1 unspecified atom stereocenters. The van der Waals surface area contributed by atoms with Crippen LogP contribution in [0.5, 0.6) is 0 Å². The maximum absolute atomic E-state index is 11.9. The summed E-state index contributed by atoms with van der Waals surface area (Å²) in [5.74, 6) is 0.938. The lowest BCUT2D eigenvalue weighted by atomic mass is 10.1. The topological polar surface area (TPSA) is 55.1 Å². The number of rotatable bonds is 7. The van der Waals surface area contributed by atoms with Crippen LogP contribution in [0.1, 0.15) is 51.0 Å². The van der Waals surface area contributed by atoms with E-state index < -0.39 is 6.04 Å². The van der Waals surface area contributed by atoms with Gasteiger partial charge in [0.1, 0.15) is 0 Å². The Labute approximate surface area is 144 Å². The zero-order valence-electron chi connectivity index (χ0n) is 13.2. The highest BCUT2D eigenvalue weighted by Crippen LogP contribution is 2.31. The average molecular weight is 343 g/mol. The minimum Gasteiger partial charge on any atom is -0.325 e. The standard InChI is InChI=1S/C17H26N2OS.ClH/c1-2-6-16(18)17(20)19-14-8-5-7-13(11-14)12-21-15-9-3-4-10-15;/h5,7-8,11,15-16H,2-4,6,9-10,12,18H2,1H3,(H,19,20);1H. The summed E-state index contributed by atoms with van der Waals surface area (Å²) in [6, 6.07) is 7.72. The Morgan fingerprint density at radius 2 is 2.14 bits per heavy atom. The second-order valence-electron chi connectivity index (χ2n) is 5.80. The van der Waals surface area contributed by atoms with Gasteiger partial charge in [0.25, 0.3) is 0 Å². The first kappa shape index (κ1) is 19.3. The lowest BCUT2D eigenvalue weighted by Crippen LogP contribution is -2.35. The minimum atomic E-state index is -0.411. The maximum Gasteiger partial charge on any atom is 0.241 e. The van der Waals surface area contributed by atoms with Crippen LogP contribution in [0.2, 0.25) is 0 Å². The van der Waals surface area contributed by atoms with Gasteiger partial charge in [0.15, 0.2) is 0 Å². The van der Waals surface area contributed by atoms with E-state index in [1.165, 1.54) is 31.2 Å². The van der Waals surface area contributed by atoms with Crippen molar-refractivity contribution >= 4 is 35.8 Å². The Hall–Kier alpha value is -0.710. The number of nitrogens with one attached hydrogen (secondary N) is 1. The summed E-state index contributed by atoms with van der Waals surface area (Å²) in [5.41, 5.74) is 7.97. The highest BCUT2D eigenvalue weighted by Gasteiger charge is 2.15. The molecular weight excluding hydrogens is 316 g/mol. The van der Waals surface area contributed by atoms with E-state index in [9.17, 15) is 4.79 Å². The van der Waals surface area contributed by atoms with Crippen molar-refractivity contribution in [3.05, 3.63) is 29.8 Å². The van der Waals surface area contributed by atoms with Crippen LogP contribution in [0.15, 0.2) is 24.3 Å². The molecule has 0 aliphatic heterocycles. The molecule has 2 rings (SSSR count). The van der Waals surface area contributed by atoms with Gasteiger partial charge < -0.3 is 11.1 Å². The third kappa shape index (κ3) is 6.19. The Morgan fingerprint density at radius 3 is 2.82 bits per heavy atom. The lowest BCUT2D eigenvalue weighted by molar-refractivity contribution is -0.117. The molecule has 0 heterocycles. The first-order valence-corrected chi connectivity index (χ1v) is 9.01. The monoisotopic (exact) mass is 342 g/mol. The van der Waals surface area contributed by atoms with Gasteiger partial charge >= 0.3 is 0 Å². The van der Waals surface area contributed by atoms with Crippen molar-refractivity contribution in [3.8, 4) is 0 Å². The first-order valence-electron chi connectivity index (χ1n) is 7.96. The van der Waals surface area contributed by atoms with Crippen molar-refractivity contribution in [1.82, 2.24) is 0 Å². The molecule has 5 heteroatoms. The molecule has 1 aromatic carbocycles. The number of carbonyl (C=O) groups excluding carboxylic acids is 1. The van der Waals surface area contributed by atoms with E-state index >= 15 is 0 Å². The summed E-state index contributed by atoms with van der Waals surface area (Å²) in [4.78, 5) is 11.9. The van der Waals surface area contributed by atoms with E-state index in [1.807, 2.05) is 30.8 Å². The summed E-state index contributed by atoms with van der Waals surface area (Å²) in [5, 5.41) is 3.74. The molecule has 0 aromatic heterocycles. The Balaban J connectivity index is 0.00000242. The third-order valence-electron chi connectivity index (χ3n) is 3.92. The van der Waals surface area contributed by atoms with Crippen molar-refractivity contribution in [2.75, 3.05) is 5.32 Å². The van der Waals surface area contributed by atoms with Gasteiger partial charge in [-0.3, -0.25) is 4.79 Å². The van der Waals surface area contributed by atoms with Crippen molar-refractivity contribution < 1.29 is 4.79 Å². The van der Waals surface area contributed by atoms with E-state index in [2.05, 4.69) is 17.4 Å². The number of hydrogen-bond donors (Lipinski definition) is 2. The van der Waals surface area contributed by atoms with Crippen LogP contribution < -0.4 is 11.1 Å². The van der Waals surface area contributed by atoms with Gasteiger partial charge in [0.05, 0.1) is 6.04 Å². The fourth-order valence-electron chi connectivity index (χ4n) is 2.69. The number of thioether (sulfide) groups is 1. The van der Waals surface area contributed by atoms with Crippen LogP contribution in [0, 0.1) is 0 Å². The van der Waals surface area contributed by atoms with Crippen molar-refractivity contribution in [1.29, 1.82) is 0 Å². The number of anilines is 1. The number of halogens is 1. The van der Waals surface area contributed by atoms with Gasteiger partial charge in [-0.1, -0.05) is 38.3 Å². The lowest BCUT2D eigenvalue weighted by Gasteiger charge is -2.13. The quantitative estimate of drug-likeness (QED) is 0.774. The summed E-state index contributed by atoms with van der Waals surface area (Å²) in [6.45, 7) is 2.04. The second-order valence-corrected chi connectivity index (χ2v) is 7.09. The van der Waals surface area contributed by atoms with E-state index in [0.29, 0.717) is 0 Å². The molecule has 1 aliphatic rings. The fourth-order valence-corrected chi connectivity index (χ4v) is 3.96. The van der Waals surface area contributed by atoms with Crippen molar-refractivity contribution in [2.45, 2.75) is 62.5 Å². The fraction of sp³-hybridized carbons (Fsp3) is 0.588. The second kappa shape index (κ2) is 10.1. The molecule has 0 radical (unpaired) electrons. The summed E-state index contributed by atoms with van der Waals surface area (Å²) < 4.78 is 0. The Kier molecular flexibility index (Phi) is 8.91. The molecule has 1 saturated carbocycles. The van der Waals surface area contributed by atoms with E-state index in [1.54, 1.807) is 0 Å². The van der Waals surface area contributed by atoms with Crippen LogP contribution in [-0.4, -0.2) is 17.2 Å². The van der Waals surface area contributed by atoms with Crippen LogP contribution >= 0.6 is 24.2 Å². The van der Waals surface area contributed by atoms with Gasteiger partial charge in [0, 0.05) is 16.7 Å². The third-order valence-corrected chi connectivity index (χ3v) is 5.36. The predicted octanol–water partition coefficient (Wildman–Crippen LogP) is 4.35. The summed E-state index contributed by atoms with van der Waals surface area (Å²) in [6.07, 6.45) is 7.11. The first-order chi connectivity index (χ1) is 10.2. The number of carbonyl (C=O) groups is 1. The number of nitrogens with two attached hydrogens (primary N) is 1. The van der Waals surface area contributed by atoms with Crippen LogP contribution in [-0.2, 0) is 10.5 Å². The molecule has 22 heavy (non-hydrogen) atoms. The molecule has 0 bridgehead atoms. The van der Waals surface area contributed by atoms with Crippen LogP contribution in [0.3, 0.4) is 0 Å². The molecule has 1 atom stereocenters. The van der Waals surface area contributed by atoms with Crippen LogP contribution in [0.4, 0.5) is 5.69 Å². The predicted molar refractivity (Wildman–Crippen MR) is 98.8 cm³/mol. The highest BCUT2D eigenvalue weighted by molar-refractivity contribution is 7.99. The van der Waals surface area contributed by atoms with Crippen LogP contribution in [0.25, 0.3) is 0 Å². The highest BCUT2D eigenvalue weighted by atomic mass is 35.5. The number of hydrogen-bond acceptors (Lipinski definition) is 3. The number of benzene rings is 1. The summed E-state index contributed by atoms with van der Waals surface area (Å²) >= 11 is 2.04. The van der Waals surface area contributed by atoms with E-state index in [0.717, 1.165) is 29.5 Å². The van der Waals surface area contributed by atoms with Gasteiger partial charge in [0.2, 0.25) is 5.91 Å². The molecule has 1 amide bonds. The summed E-state index contributed by atoms with van der Waals surface area (Å²) in [7, 11) is 0. The number of amides is 1. The average Bonchev–Trinajstić information content (AvgIpc) is 2.99. The van der Waals surface area contributed by atoms with Gasteiger partial charge in [-0.2, -0.15) is 11.8 Å².